The molecule has 0 radical (unpaired) electrons. The predicted molar refractivity (Wildman–Crippen MR) is 125 cm³/mol. The van der Waals surface area contributed by atoms with Gasteiger partial charge in [-0.25, -0.2) is 0 Å². The number of nitrogens with one attached hydrogen (secondary N) is 1. The molecule has 3 aromatic rings. The highest BCUT2D eigenvalue weighted by Crippen LogP contribution is 2.30. The number of rotatable bonds is 9. The summed E-state index contributed by atoms with van der Waals surface area (Å²) in [7, 11) is 0. The largest absolute Gasteiger partial charge is 0.419 e. The van der Waals surface area contributed by atoms with E-state index in [-0.39, 0.29) is 36.7 Å². The molecule has 1 N–H and O–H groups in total. The Labute approximate surface area is 198 Å². The molecule has 8 heteroatoms. The lowest BCUT2D eigenvalue weighted by Gasteiger charge is -2.29. The SMILES string of the molecule is CC(C)[C@H](NC(=O)Cc1ccccc1)C(=O)N(Cc1nnc(-c2ccc(Cl)cc2)o1)C1CC1. The van der Waals surface area contributed by atoms with E-state index < -0.39 is 6.04 Å². The first-order chi connectivity index (χ1) is 15.9. The molecule has 0 saturated heterocycles. The van der Waals surface area contributed by atoms with Crippen LogP contribution in [0.4, 0.5) is 0 Å². The van der Waals surface area contributed by atoms with Crippen LogP contribution in [0, 0.1) is 5.92 Å². The lowest BCUT2D eigenvalue weighted by molar-refractivity contribution is -0.139. The molecule has 0 bridgehead atoms. The van der Waals surface area contributed by atoms with Gasteiger partial charge in [-0.2, -0.15) is 0 Å². The highest BCUT2D eigenvalue weighted by Gasteiger charge is 2.38. The summed E-state index contributed by atoms with van der Waals surface area (Å²) in [6.45, 7) is 4.07. The quantitative estimate of drug-likeness (QED) is 0.509. The predicted octanol–water partition coefficient (Wildman–Crippen LogP) is 4.26. The summed E-state index contributed by atoms with van der Waals surface area (Å²) in [5.41, 5.74) is 1.67. The summed E-state index contributed by atoms with van der Waals surface area (Å²) in [4.78, 5) is 27.9. The van der Waals surface area contributed by atoms with Gasteiger partial charge in [-0.15, -0.1) is 10.2 Å². The smallest absolute Gasteiger partial charge is 0.247 e. The summed E-state index contributed by atoms with van der Waals surface area (Å²) in [5.74, 6) is 0.373. The zero-order valence-corrected chi connectivity index (χ0v) is 19.5. The van der Waals surface area contributed by atoms with Crippen LogP contribution in [0.15, 0.2) is 59.0 Å². The van der Waals surface area contributed by atoms with Gasteiger partial charge < -0.3 is 14.6 Å². The molecule has 1 saturated carbocycles. The van der Waals surface area contributed by atoms with E-state index in [4.69, 9.17) is 16.0 Å². The van der Waals surface area contributed by atoms with Gasteiger partial charge in [0.2, 0.25) is 23.6 Å². The maximum Gasteiger partial charge on any atom is 0.247 e. The van der Waals surface area contributed by atoms with Gasteiger partial charge in [0.15, 0.2) is 0 Å². The second-order valence-corrected chi connectivity index (χ2v) is 9.09. The molecule has 1 heterocycles. The number of carbonyl (C=O) groups excluding carboxylic acids is 2. The van der Waals surface area contributed by atoms with E-state index in [1.165, 1.54) is 0 Å². The maximum atomic E-state index is 13.5. The molecule has 172 valence electrons. The zero-order valence-electron chi connectivity index (χ0n) is 18.7. The minimum Gasteiger partial charge on any atom is -0.419 e. The molecule has 2 amide bonds. The molecule has 1 atom stereocenters. The van der Waals surface area contributed by atoms with Gasteiger partial charge in [0.05, 0.1) is 13.0 Å². The van der Waals surface area contributed by atoms with Gasteiger partial charge in [-0.1, -0.05) is 55.8 Å². The topological polar surface area (TPSA) is 88.3 Å². The molecular weight excluding hydrogens is 440 g/mol. The number of halogens is 1. The van der Waals surface area contributed by atoms with Crippen molar-refractivity contribution in [3.05, 3.63) is 71.1 Å². The van der Waals surface area contributed by atoms with E-state index in [2.05, 4.69) is 15.5 Å². The second kappa shape index (κ2) is 10.2. The Bertz CT molecular complexity index is 1090. The first-order valence-electron chi connectivity index (χ1n) is 11.1. The molecule has 0 spiro atoms. The van der Waals surface area contributed by atoms with Gasteiger partial charge in [-0.05, 0) is 48.6 Å². The van der Waals surface area contributed by atoms with Gasteiger partial charge in [-0.3, -0.25) is 9.59 Å². The van der Waals surface area contributed by atoms with E-state index in [0.717, 1.165) is 24.0 Å². The van der Waals surface area contributed by atoms with Gasteiger partial charge >= 0.3 is 0 Å². The van der Waals surface area contributed by atoms with Crippen molar-refractivity contribution in [2.75, 3.05) is 0 Å². The highest BCUT2D eigenvalue weighted by molar-refractivity contribution is 6.30. The Balaban J connectivity index is 1.45. The average Bonchev–Trinajstić information content (AvgIpc) is 3.54. The molecule has 33 heavy (non-hydrogen) atoms. The van der Waals surface area contributed by atoms with Crippen LogP contribution >= 0.6 is 11.6 Å². The van der Waals surface area contributed by atoms with Crippen molar-refractivity contribution < 1.29 is 14.0 Å². The van der Waals surface area contributed by atoms with Crippen molar-refractivity contribution in [3.8, 4) is 11.5 Å². The molecule has 1 aliphatic rings. The van der Waals surface area contributed by atoms with Crippen molar-refractivity contribution in [2.45, 2.75) is 51.7 Å². The second-order valence-electron chi connectivity index (χ2n) is 8.66. The van der Waals surface area contributed by atoms with E-state index in [1.54, 1.807) is 29.2 Å². The van der Waals surface area contributed by atoms with Crippen molar-refractivity contribution in [1.82, 2.24) is 20.4 Å². The van der Waals surface area contributed by atoms with Crippen LogP contribution in [-0.2, 0) is 22.6 Å². The third-order valence-electron chi connectivity index (χ3n) is 5.59. The molecule has 7 nitrogen and oxygen atoms in total. The Morgan fingerprint density at radius 2 is 1.79 bits per heavy atom. The Kier molecular flexibility index (Phi) is 7.08. The Hall–Kier alpha value is -3.19. The van der Waals surface area contributed by atoms with Crippen LogP contribution in [0.2, 0.25) is 5.02 Å². The first-order valence-corrected chi connectivity index (χ1v) is 11.5. The van der Waals surface area contributed by atoms with Crippen molar-refractivity contribution in [1.29, 1.82) is 0 Å². The molecule has 0 aliphatic heterocycles. The van der Waals surface area contributed by atoms with Crippen LogP contribution in [0.5, 0.6) is 0 Å². The van der Waals surface area contributed by atoms with E-state index in [1.807, 2.05) is 44.2 Å². The molecule has 0 unspecified atom stereocenters. The number of aromatic nitrogens is 2. The monoisotopic (exact) mass is 466 g/mol. The van der Waals surface area contributed by atoms with Crippen molar-refractivity contribution >= 4 is 23.4 Å². The number of amides is 2. The number of hydrogen-bond acceptors (Lipinski definition) is 5. The average molecular weight is 467 g/mol. The van der Waals surface area contributed by atoms with E-state index in [0.29, 0.717) is 16.8 Å². The van der Waals surface area contributed by atoms with Gasteiger partial charge in [0.25, 0.3) is 0 Å². The summed E-state index contributed by atoms with van der Waals surface area (Å²) in [5, 5.41) is 11.8. The molecule has 1 aliphatic carbocycles. The third kappa shape index (κ3) is 5.99. The van der Waals surface area contributed by atoms with Gasteiger partial charge in [0, 0.05) is 16.6 Å². The lowest BCUT2D eigenvalue weighted by atomic mass is 10.0. The van der Waals surface area contributed by atoms with E-state index >= 15 is 0 Å². The van der Waals surface area contributed by atoms with Crippen LogP contribution in [0.25, 0.3) is 11.5 Å². The third-order valence-corrected chi connectivity index (χ3v) is 5.84. The van der Waals surface area contributed by atoms with Crippen molar-refractivity contribution in [3.63, 3.8) is 0 Å². The summed E-state index contributed by atoms with van der Waals surface area (Å²) in [6, 6.07) is 16.1. The minimum atomic E-state index is -0.625. The summed E-state index contributed by atoms with van der Waals surface area (Å²) >= 11 is 5.95. The molecule has 2 aromatic carbocycles. The number of carbonyl (C=O) groups is 2. The Morgan fingerprint density at radius 3 is 2.42 bits per heavy atom. The minimum absolute atomic E-state index is 0.0641. The standard InChI is InChI=1S/C25H27ClN4O3/c1-16(2)23(27-21(31)14-17-6-4-3-5-7-17)25(32)30(20-12-13-20)15-22-28-29-24(33-22)18-8-10-19(26)11-9-18/h3-11,16,20,23H,12-15H2,1-2H3,(H,27,31)/t23-/m0/s1. The van der Waals surface area contributed by atoms with Crippen LogP contribution in [0.1, 0.15) is 38.1 Å². The van der Waals surface area contributed by atoms with Crippen molar-refractivity contribution in [2.24, 2.45) is 5.92 Å². The summed E-state index contributed by atoms with van der Waals surface area (Å²) < 4.78 is 5.82. The van der Waals surface area contributed by atoms with Crippen LogP contribution < -0.4 is 5.32 Å². The molecule has 4 rings (SSSR count). The maximum absolute atomic E-state index is 13.5. The number of hydrogen-bond donors (Lipinski definition) is 1. The van der Waals surface area contributed by atoms with Gasteiger partial charge in [0.1, 0.15) is 6.04 Å². The number of benzene rings is 2. The fourth-order valence-corrected chi connectivity index (χ4v) is 3.77. The summed E-state index contributed by atoms with van der Waals surface area (Å²) in [6.07, 6.45) is 2.08. The Morgan fingerprint density at radius 1 is 1.09 bits per heavy atom. The molecule has 1 aromatic heterocycles. The fourth-order valence-electron chi connectivity index (χ4n) is 3.64. The van der Waals surface area contributed by atoms with Crippen LogP contribution in [-0.4, -0.2) is 39.0 Å². The number of nitrogens with zero attached hydrogens (tertiary/aromatic N) is 3. The molecule has 1 fully saturated rings. The fraction of sp³-hybridized carbons (Fsp3) is 0.360. The normalized spacial score (nSPS) is 14.2. The van der Waals surface area contributed by atoms with Crippen LogP contribution in [0.3, 0.4) is 0 Å². The lowest BCUT2D eigenvalue weighted by Crippen LogP contribution is -2.52. The highest BCUT2D eigenvalue weighted by atomic mass is 35.5. The molecular formula is C25H27ClN4O3. The zero-order chi connectivity index (χ0) is 23.4. The first kappa shape index (κ1) is 23.0. The van der Waals surface area contributed by atoms with E-state index in [9.17, 15) is 9.59 Å².